The normalized spacial score (nSPS) is 20.9. The molecule has 3 N–H and O–H groups in total. The molecule has 3 atom stereocenters. The molecule has 1 heterocycles. The molecule has 2 aliphatic rings. The molecule has 3 amide bonds. The van der Waals surface area contributed by atoms with E-state index in [2.05, 4.69) is 10.6 Å². The van der Waals surface area contributed by atoms with E-state index in [1.165, 1.54) is 42.0 Å². The zero-order chi connectivity index (χ0) is 29.7. The van der Waals surface area contributed by atoms with Crippen LogP contribution in [-0.4, -0.2) is 79.6 Å². The number of nitrogens with one attached hydrogen (secondary N) is 2. The second-order valence-corrected chi connectivity index (χ2v) is 13.5. The number of hydrogen-bond acceptors (Lipinski definition) is 6. The molecule has 0 bridgehead atoms. The standard InChI is InChI=1S/C29H39ClN4O6S/c1-19-16-34(20(2)18-35)28(36)25-15-23(32-29(37)31-22-7-5-4-6-8-22)11-14-26(25)40-27(19)17-33(3)41(38,39)24-12-9-21(30)10-13-24/h9-15,19-20,22,27,35H,4-8,16-18H2,1-3H3,(H2,31,32,37)/t19-,20-,27-/m1/s1. The van der Waals surface area contributed by atoms with Crippen molar-refractivity contribution >= 4 is 39.2 Å². The molecule has 224 valence electrons. The molecule has 1 fully saturated rings. The number of aliphatic hydroxyl groups excluding tert-OH is 1. The second kappa shape index (κ2) is 13.4. The largest absolute Gasteiger partial charge is 0.488 e. The highest BCUT2D eigenvalue weighted by Crippen LogP contribution is 2.31. The lowest BCUT2D eigenvalue weighted by Gasteiger charge is -2.38. The van der Waals surface area contributed by atoms with Crippen molar-refractivity contribution in [2.45, 2.75) is 69.0 Å². The predicted molar refractivity (Wildman–Crippen MR) is 158 cm³/mol. The number of halogens is 1. The molecular formula is C29H39ClN4O6S. The lowest BCUT2D eigenvalue weighted by molar-refractivity contribution is 0.0387. The Morgan fingerprint density at radius 2 is 1.85 bits per heavy atom. The topological polar surface area (TPSA) is 128 Å². The van der Waals surface area contributed by atoms with E-state index in [0.717, 1.165) is 25.7 Å². The van der Waals surface area contributed by atoms with E-state index in [-0.39, 0.29) is 59.8 Å². The number of carbonyl (C=O) groups excluding carboxylic acids is 2. The molecular weight excluding hydrogens is 568 g/mol. The maximum Gasteiger partial charge on any atom is 0.319 e. The van der Waals surface area contributed by atoms with Gasteiger partial charge >= 0.3 is 6.03 Å². The molecule has 41 heavy (non-hydrogen) atoms. The van der Waals surface area contributed by atoms with Crippen molar-refractivity contribution in [1.82, 2.24) is 14.5 Å². The maximum absolute atomic E-state index is 13.7. The third kappa shape index (κ3) is 7.51. The van der Waals surface area contributed by atoms with Gasteiger partial charge in [0, 0.05) is 36.3 Å². The Morgan fingerprint density at radius 3 is 2.51 bits per heavy atom. The van der Waals surface area contributed by atoms with Crippen LogP contribution in [0.5, 0.6) is 5.75 Å². The summed E-state index contributed by atoms with van der Waals surface area (Å²) in [5, 5.41) is 16.2. The van der Waals surface area contributed by atoms with Crippen LogP contribution in [0.1, 0.15) is 56.3 Å². The van der Waals surface area contributed by atoms with Gasteiger partial charge in [0.25, 0.3) is 5.91 Å². The lowest BCUT2D eigenvalue weighted by Crippen LogP contribution is -2.50. The number of fused-ring (bicyclic) bond motifs is 1. The molecule has 10 nitrogen and oxygen atoms in total. The van der Waals surface area contributed by atoms with Gasteiger partial charge in [0.05, 0.1) is 29.7 Å². The number of benzene rings is 2. The third-order valence-corrected chi connectivity index (χ3v) is 9.91. The van der Waals surface area contributed by atoms with Gasteiger partial charge in [-0.15, -0.1) is 0 Å². The number of sulfonamides is 1. The van der Waals surface area contributed by atoms with Crippen LogP contribution in [0.3, 0.4) is 0 Å². The van der Waals surface area contributed by atoms with Crippen molar-refractivity contribution in [3.63, 3.8) is 0 Å². The van der Waals surface area contributed by atoms with Crippen LogP contribution in [0.4, 0.5) is 10.5 Å². The van der Waals surface area contributed by atoms with E-state index in [0.29, 0.717) is 10.7 Å². The van der Waals surface area contributed by atoms with E-state index in [1.807, 2.05) is 6.92 Å². The van der Waals surface area contributed by atoms with Crippen molar-refractivity contribution in [2.75, 3.05) is 32.1 Å². The van der Waals surface area contributed by atoms with Crippen molar-refractivity contribution < 1.29 is 27.9 Å². The SMILES string of the molecule is C[C@@H]1CN([C@H](C)CO)C(=O)c2cc(NC(=O)NC3CCCCC3)ccc2O[C@@H]1CN(C)S(=O)(=O)c1ccc(Cl)cc1. The minimum atomic E-state index is -3.84. The summed E-state index contributed by atoms with van der Waals surface area (Å²) in [6.07, 6.45) is 4.63. The number of rotatable bonds is 8. The van der Waals surface area contributed by atoms with Crippen LogP contribution >= 0.6 is 11.6 Å². The van der Waals surface area contributed by atoms with E-state index in [1.54, 1.807) is 30.0 Å². The number of nitrogens with zero attached hydrogens (tertiary/aromatic N) is 2. The van der Waals surface area contributed by atoms with Crippen LogP contribution in [0.2, 0.25) is 5.02 Å². The predicted octanol–water partition coefficient (Wildman–Crippen LogP) is 4.34. The molecule has 0 aromatic heterocycles. The van der Waals surface area contributed by atoms with Gasteiger partial charge in [-0.1, -0.05) is 37.8 Å². The minimum Gasteiger partial charge on any atom is -0.488 e. The summed E-state index contributed by atoms with van der Waals surface area (Å²) < 4.78 is 34.1. The number of amides is 3. The fourth-order valence-corrected chi connectivity index (χ4v) is 6.56. The third-order valence-electron chi connectivity index (χ3n) is 7.82. The van der Waals surface area contributed by atoms with Crippen LogP contribution < -0.4 is 15.4 Å². The molecule has 0 unspecified atom stereocenters. The number of urea groups is 1. The zero-order valence-corrected chi connectivity index (χ0v) is 25.2. The first-order chi connectivity index (χ1) is 19.5. The molecule has 1 aliphatic carbocycles. The van der Waals surface area contributed by atoms with Crippen molar-refractivity contribution in [3.8, 4) is 5.75 Å². The molecule has 0 spiro atoms. The Labute approximate surface area is 247 Å². The summed E-state index contributed by atoms with van der Waals surface area (Å²) >= 11 is 5.94. The highest BCUT2D eigenvalue weighted by molar-refractivity contribution is 7.89. The first-order valence-corrected chi connectivity index (χ1v) is 15.8. The van der Waals surface area contributed by atoms with Crippen molar-refractivity contribution in [2.24, 2.45) is 5.92 Å². The van der Waals surface area contributed by atoms with Crippen LogP contribution in [0, 0.1) is 5.92 Å². The molecule has 4 rings (SSSR count). The highest BCUT2D eigenvalue weighted by atomic mass is 35.5. The minimum absolute atomic E-state index is 0.0187. The number of anilines is 1. The smallest absolute Gasteiger partial charge is 0.319 e. The first kappa shape index (κ1) is 31.1. The number of likely N-dealkylation sites (N-methyl/N-ethyl adjacent to an activating group) is 1. The first-order valence-electron chi connectivity index (χ1n) is 14.0. The Bertz CT molecular complexity index is 1330. The van der Waals surface area contributed by atoms with Crippen LogP contribution in [0.15, 0.2) is 47.4 Å². The average Bonchev–Trinajstić information content (AvgIpc) is 2.95. The number of hydrogen-bond donors (Lipinski definition) is 3. The molecule has 0 radical (unpaired) electrons. The average molecular weight is 607 g/mol. The molecule has 2 aromatic rings. The fraction of sp³-hybridized carbons (Fsp3) is 0.517. The van der Waals surface area contributed by atoms with Gasteiger partial charge in [-0.3, -0.25) is 4.79 Å². The highest BCUT2D eigenvalue weighted by Gasteiger charge is 2.35. The van der Waals surface area contributed by atoms with Gasteiger partial charge in [-0.25, -0.2) is 13.2 Å². The van der Waals surface area contributed by atoms with Gasteiger partial charge in [0.2, 0.25) is 10.0 Å². The number of aliphatic hydroxyl groups is 1. The summed E-state index contributed by atoms with van der Waals surface area (Å²) in [4.78, 5) is 28.0. The molecule has 1 saturated carbocycles. The van der Waals surface area contributed by atoms with E-state index >= 15 is 0 Å². The quantitative estimate of drug-likeness (QED) is 0.410. The van der Waals surface area contributed by atoms with E-state index < -0.39 is 22.2 Å². The number of carbonyl (C=O) groups is 2. The Balaban J connectivity index is 1.59. The summed E-state index contributed by atoms with van der Waals surface area (Å²) in [6.45, 7) is 3.64. The van der Waals surface area contributed by atoms with Gasteiger partial charge < -0.3 is 25.4 Å². The van der Waals surface area contributed by atoms with E-state index in [4.69, 9.17) is 16.3 Å². The van der Waals surface area contributed by atoms with Crippen LogP contribution in [0.25, 0.3) is 0 Å². The van der Waals surface area contributed by atoms with Crippen molar-refractivity contribution in [1.29, 1.82) is 0 Å². The lowest BCUT2D eigenvalue weighted by atomic mass is 9.96. The molecule has 12 heteroatoms. The Morgan fingerprint density at radius 1 is 1.17 bits per heavy atom. The monoisotopic (exact) mass is 606 g/mol. The molecule has 0 saturated heterocycles. The maximum atomic E-state index is 13.7. The van der Waals surface area contributed by atoms with Gasteiger partial charge in [-0.2, -0.15) is 4.31 Å². The van der Waals surface area contributed by atoms with Gasteiger partial charge in [0.15, 0.2) is 0 Å². The Hall–Kier alpha value is -2.86. The van der Waals surface area contributed by atoms with Gasteiger partial charge in [0.1, 0.15) is 11.9 Å². The van der Waals surface area contributed by atoms with Crippen molar-refractivity contribution in [3.05, 3.63) is 53.1 Å². The van der Waals surface area contributed by atoms with Gasteiger partial charge in [-0.05, 0) is 62.2 Å². The van der Waals surface area contributed by atoms with E-state index in [9.17, 15) is 23.1 Å². The number of ether oxygens (including phenoxy) is 1. The summed E-state index contributed by atoms with van der Waals surface area (Å²) in [7, 11) is -2.35. The van der Waals surface area contributed by atoms with Crippen LogP contribution in [-0.2, 0) is 10.0 Å². The zero-order valence-electron chi connectivity index (χ0n) is 23.7. The molecule has 2 aromatic carbocycles. The summed E-state index contributed by atoms with van der Waals surface area (Å²) in [5.74, 6) is -0.342. The second-order valence-electron chi connectivity index (χ2n) is 11.0. The summed E-state index contributed by atoms with van der Waals surface area (Å²) in [6, 6.07) is 10.1. The molecule has 1 aliphatic heterocycles. The summed E-state index contributed by atoms with van der Waals surface area (Å²) in [5.41, 5.74) is 0.652. The Kier molecular flexibility index (Phi) is 10.2. The fourth-order valence-electron chi connectivity index (χ4n) is 5.26.